The van der Waals surface area contributed by atoms with Gasteiger partial charge in [0.15, 0.2) is 0 Å². The summed E-state index contributed by atoms with van der Waals surface area (Å²) in [4.78, 5) is 15.6. The Balaban J connectivity index is 1.69. The van der Waals surface area contributed by atoms with E-state index in [1.807, 2.05) is 0 Å². The van der Waals surface area contributed by atoms with E-state index in [9.17, 15) is 13.2 Å². The Morgan fingerprint density at radius 1 is 1.00 bits per heavy atom. The number of sulfonamides is 1. The van der Waals surface area contributed by atoms with Gasteiger partial charge in [-0.2, -0.15) is 4.31 Å². The van der Waals surface area contributed by atoms with E-state index in [0.717, 1.165) is 25.9 Å². The maximum atomic E-state index is 12.9. The van der Waals surface area contributed by atoms with Gasteiger partial charge in [0.2, 0.25) is 15.9 Å². The van der Waals surface area contributed by atoms with Crippen LogP contribution in [0.25, 0.3) is 0 Å². The third-order valence-electron chi connectivity index (χ3n) is 5.15. The van der Waals surface area contributed by atoms with Crippen molar-refractivity contribution in [1.82, 2.24) is 14.1 Å². The molecule has 6 nitrogen and oxygen atoms in total. The van der Waals surface area contributed by atoms with Crippen LogP contribution in [-0.2, 0) is 14.8 Å². The quantitative estimate of drug-likeness (QED) is 0.725. The van der Waals surface area contributed by atoms with Crippen molar-refractivity contribution < 1.29 is 13.2 Å². The lowest BCUT2D eigenvalue weighted by atomic mass is 10.1. The average Bonchev–Trinajstić information content (AvgIpc) is 2.94. The highest BCUT2D eigenvalue weighted by atomic mass is 32.2. The maximum absolute atomic E-state index is 12.9. The van der Waals surface area contributed by atoms with Crippen LogP contribution in [0.1, 0.15) is 32.6 Å². The molecule has 3 heterocycles. The molecular formula is C14H25N3O3S. The number of nitrogens with zero attached hydrogens (tertiary/aromatic N) is 3. The summed E-state index contributed by atoms with van der Waals surface area (Å²) in [6, 6.07) is 0.404. The molecule has 3 aliphatic rings. The van der Waals surface area contributed by atoms with E-state index in [1.54, 1.807) is 9.21 Å². The molecule has 3 aliphatic heterocycles. The summed E-state index contributed by atoms with van der Waals surface area (Å²) in [6.45, 7) is 5.79. The van der Waals surface area contributed by atoms with Crippen LogP contribution >= 0.6 is 0 Å². The summed E-state index contributed by atoms with van der Waals surface area (Å²) in [5.74, 6) is -0.0180. The molecular weight excluding hydrogens is 290 g/mol. The third-order valence-corrected chi connectivity index (χ3v) is 7.43. The van der Waals surface area contributed by atoms with Crippen LogP contribution < -0.4 is 0 Å². The standard InChI is InChI=1S/C14H25N3O3S/c1-12(18)16-7-3-5-14(11-16)21(19,20)17-9-8-15-6-2-4-13(15)10-17/h13-14H,2-11H2,1H3/t13-,14-/m0/s1. The molecule has 0 saturated carbocycles. The van der Waals surface area contributed by atoms with Crippen LogP contribution in [0.4, 0.5) is 0 Å². The molecule has 21 heavy (non-hydrogen) atoms. The molecule has 0 radical (unpaired) electrons. The normalized spacial score (nSPS) is 32.1. The van der Waals surface area contributed by atoms with Crippen LogP contribution in [0.2, 0.25) is 0 Å². The van der Waals surface area contributed by atoms with E-state index in [1.165, 1.54) is 13.3 Å². The van der Waals surface area contributed by atoms with Gasteiger partial charge in [-0.25, -0.2) is 8.42 Å². The smallest absolute Gasteiger partial charge is 0.219 e. The van der Waals surface area contributed by atoms with E-state index < -0.39 is 15.3 Å². The molecule has 0 aliphatic carbocycles. The number of piperazine rings is 1. The maximum Gasteiger partial charge on any atom is 0.219 e. The monoisotopic (exact) mass is 315 g/mol. The zero-order chi connectivity index (χ0) is 15.0. The fraction of sp³-hybridized carbons (Fsp3) is 0.929. The Hall–Kier alpha value is -0.660. The first-order valence-electron chi connectivity index (χ1n) is 7.97. The number of piperidine rings is 1. The first-order chi connectivity index (χ1) is 9.98. The molecule has 3 rings (SSSR count). The van der Waals surface area contributed by atoms with Gasteiger partial charge in [-0.15, -0.1) is 0 Å². The largest absolute Gasteiger partial charge is 0.342 e. The Morgan fingerprint density at radius 2 is 1.76 bits per heavy atom. The summed E-state index contributed by atoms with van der Waals surface area (Å²) >= 11 is 0. The molecule has 0 aromatic heterocycles. The molecule has 7 heteroatoms. The van der Waals surface area contributed by atoms with Gasteiger partial charge >= 0.3 is 0 Å². The van der Waals surface area contributed by atoms with Crippen molar-refractivity contribution in [1.29, 1.82) is 0 Å². The summed E-state index contributed by atoms with van der Waals surface area (Å²) < 4.78 is 27.4. The number of hydrogen-bond donors (Lipinski definition) is 0. The number of amides is 1. The molecule has 120 valence electrons. The number of fused-ring (bicyclic) bond motifs is 1. The number of carbonyl (C=O) groups excluding carboxylic acids is 1. The minimum atomic E-state index is -3.28. The number of hydrogen-bond acceptors (Lipinski definition) is 4. The minimum absolute atomic E-state index is 0.0180. The van der Waals surface area contributed by atoms with Crippen molar-refractivity contribution in [3.05, 3.63) is 0 Å². The van der Waals surface area contributed by atoms with Gasteiger partial charge in [0.1, 0.15) is 0 Å². The van der Waals surface area contributed by atoms with Crippen molar-refractivity contribution in [3.8, 4) is 0 Å². The highest BCUT2D eigenvalue weighted by molar-refractivity contribution is 7.89. The number of likely N-dealkylation sites (tertiary alicyclic amines) is 1. The fourth-order valence-corrected chi connectivity index (χ4v) is 5.84. The Labute approximate surface area is 127 Å². The van der Waals surface area contributed by atoms with Gasteiger partial charge in [-0.3, -0.25) is 9.69 Å². The van der Waals surface area contributed by atoms with Gasteiger partial charge in [-0.05, 0) is 32.2 Å². The highest BCUT2D eigenvalue weighted by Gasteiger charge is 2.40. The van der Waals surface area contributed by atoms with Crippen LogP contribution in [0.5, 0.6) is 0 Å². The van der Waals surface area contributed by atoms with Crippen molar-refractivity contribution in [3.63, 3.8) is 0 Å². The zero-order valence-electron chi connectivity index (χ0n) is 12.7. The lowest BCUT2D eigenvalue weighted by Crippen LogP contribution is -2.56. The molecule has 0 aromatic carbocycles. The van der Waals surface area contributed by atoms with E-state index in [-0.39, 0.29) is 5.91 Å². The lowest BCUT2D eigenvalue weighted by molar-refractivity contribution is -0.129. The summed E-state index contributed by atoms with van der Waals surface area (Å²) in [7, 11) is -3.28. The molecule has 3 fully saturated rings. The second-order valence-electron chi connectivity index (χ2n) is 6.46. The van der Waals surface area contributed by atoms with Crippen LogP contribution in [0, 0.1) is 0 Å². The Kier molecular flexibility index (Phi) is 4.25. The minimum Gasteiger partial charge on any atom is -0.342 e. The van der Waals surface area contributed by atoms with Crippen molar-refractivity contribution in [2.24, 2.45) is 0 Å². The van der Waals surface area contributed by atoms with Gasteiger partial charge < -0.3 is 4.90 Å². The zero-order valence-corrected chi connectivity index (χ0v) is 13.5. The molecule has 0 unspecified atom stereocenters. The molecule has 2 atom stereocenters. The SMILES string of the molecule is CC(=O)N1CCC[C@H](S(=O)(=O)N2CCN3CCC[C@H]3C2)C1. The Bertz CT molecular complexity index is 508. The van der Waals surface area contributed by atoms with Gasteiger partial charge in [0.05, 0.1) is 5.25 Å². The number of rotatable bonds is 2. The molecule has 3 saturated heterocycles. The van der Waals surface area contributed by atoms with E-state index in [2.05, 4.69) is 4.90 Å². The molecule has 0 bridgehead atoms. The van der Waals surface area contributed by atoms with Crippen LogP contribution in [0.3, 0.4) is 0 Å². The Morgan fingerprint density at radius 3 is 2.52 bits per heavy atom. The topological polar surface area (TPSA) is 60.9 Å². The third kappa shape index (κ3) is 2.96. The summed E-state index contributed by atoms with van der Waals surface area (Å²) in [5, 5.41) is -0.414. The van der Waals surface area contributed by atoms with Gasteiger partial charge in [-0.1, -0.05) is 0 Å². The lowest BCUT2D eigenvalue weighted by Gasteiger charge is -2.40. The molecule has 1 amide bonds. The van der Waals surface area contributed by atoms with E-state index in [4.69, 9.17) is 0 Å². The van der Waals surface area contributed by atoms with Crippen molar-refractivity contribution in [2.45, 2.75) is 43.9 Å². The van der Waals surface area contributed by atoms with E-state index in [0.29, 0.717) is 38.6 Å². The van der Waals surface area contributed by atoms with Crippen molar-refractivity contribution in [2.75, 3.05) is 39.3 Å². The van der Waals surface area contributed by atoms with Gasteiger partial charge in [0, 0.05) is 45.7 Å². The summed E-state index contributed by atoms with van der Waals surface area (Å²) in [5.41, 5.74) is 0. The van der Waals surface area contributed by atoms with Crippen LogP contribution in [0.15, 0.2) is 0 Å². The fourth-order valence-electron chi connectivity index (χ4n) is 3.87. The average molecular weight is 315 g/mol. The second kappa shape index (κ2) is 5.85. The highest BCUT2D eigenvalue weighted by Crippen LogP contribution is 2.27. The van der Waals surface area contributed by atoms with E-state index >= 15 is 0 Å². The van der Waals surface area contributed by atoms with Crippen LogP contribution in [-0.4, -0.2) is 79.0 Å². The van der Waals surface area contributed by atoms with Gasteiger partial charge in [0.25, 0.3) is 0 Å². The van der Waals surface area contributed by atoms with Crippen molar-refractivity contribution >= 4 is 15.9 Å². The predicted octanol–water partition coefficient (Wildman–Crippen LogP) is 0.107. The first kappa shape index (κ1) is 15.2. The number of carbonyl (C=O) groups is 1. The molecule has 0 spiro atoms. The summed E-state index contributed by atoms with van der Waals surface area (Å²) in [6.07, 6.45) is 3.75. The molecule has 0 aromatic rings. The first-order valence-corrected chi connectivity index (χ1v) is 9.47. The predicted molar refractivity (Wildman–Crippen MR) is 80.4 cm³/mol. The molecule has 0 N–H and O–H groups in total. The second-order valence-corrected chi connectivity index (χ2v) is 8.68.